The zero-order valence-electron chi connectivity index (χ0n) is 13.3. The van der Waals surface area contributed by atoms with Gasteiger partial charge in [-0.3, -0.25) is 14.6 Å². The van der Waals surface area contributed by atoms with E-state index in [-0.39, 0.29) is 17.7 Å². The van der Waals surface area contributed by atoms with Crippen molar-refractivity contribution in [3.05, 3.63) is 40.1 Å². The third-order valence-corrected chi connectivity index (χ3v) is 4.81. The van der Waals surface area contributed by atoms with E-state index in [2.05, 4.69) is 9.97 Å². The fraction of sp³-hybridized carbons (Fsp3) is 0.375. The molecule has 3 rings (SSSR count). The molecule has 2 N–H and O–H groups in total. The Morgan fingerprint density at radius 1 is 1.42 bits per heavy atom. The number of piperidine rings is 1. The maximum atomic E-state index is 12.6. The van der Waals surface area contributed by atoms with Gasteiger partial charge in [0.1, 0.15) is 22.4 Å². The Kier molecular flexibility index (Phi) is 4.75. The predicted octanol–water partition coefficient (Wildman–Crippen LogP) is 1.63. The first-order valence-corrected chi connectivity index (χ1v) is 8.54. The van der Waals surface area contributed by atoms with Crippen LogP contribution in [0.1, 0.15) is 38.7 Å². The molecule has 1 unspecified atom stereocenters. The van der Waals surface area contributed by atoms with E-state index in [9.17, 15) is 9.59 Å². The summed E-state index contributed by atoms with van der Waals surface area (Å²) in [5.41, 5.74) is 7.84. The Morgan fingerprint density at radius 3 is 2.96 bits per heavy atom. The minimum absolute atomic E-state index is 0.00384. The number of primary amides is 1. The number of amides is 2. The van der Waals surface area contributed by atoms with Crippen molar-refractivity contribution < 1.29 is 14.3 Å². The molecule has 2 aromatic heterocycles. The SMILES string of the molecule is Cc1ncsc1C(=O)N1CCCC(Oc2ccnc(C(N)=O)c2)C1. The summed E-state index contributed by atoms with van der Waals surface area (Å²) in [5.74, 6) is -0.0653. The van der Waals surface area contributed by atoms with Crippen molar-refractivity contribution in [3.8, 4) is 5.75 Å². The Balaban J connectivity index is 1.68. The zero-order chi connectivity index (χ0) is 17.1. The van der Waals surface area contributed by atoms with Crippen LogP contribution in [0.3, 0.4) is 0 Å². The van der Waals surface area contributed by atoms with Crippen molar-refractivity contribution in [2.75, 3.05) is 13.1 Å². The quantitative estimate of drug-likeness (QED) is 0.907. The number of aromatic nitrogens is 2. The smallest absolute Gasteiger partial charge is 0.267 e. The second-order valence-electron chi connectivity index (χ2n) is 5.64. The highest BCUT2D eigenvalue weighted by atomic mass is 32.1. The van der Waals surface area contributed by atoms with Crippen molar-refractivity contribution in [2.24, 2.45) is 5.73 Å². The number of thiazole rings is 1. The third-order valence-electron chi connectivity index (χ3n) is 3.89. The molecule has 0 aliphatic carbocycles. The summed E-state index contributed by atoms with van der Waals surface area (Å²) in [6.45, 7) is 3.05. The van der Waals surface area contributed by atoms with Gasteiger partial charge in [-0.1, -0.05) is 0 Å². The van der Waals surface area contributed by atoms with Gasteiger partial charge in [-0.05, 0) is 25.8 Å². The lowest BCUT2D eigenvalue weighted by Gasteiger charge is -2.32. The highest BCUT2D eigenvalue weighted by Gasteiger charge is 2.27. The van der Waals surface area contributed by atoms with Gasteiger partial charge in [0.2, 0.25) is 0 Å². The number of carbonyl (C=O) groups is 2. The van der Waals surface area contributed by atoms with E-state index < -0.39 is 5.91 Å². The van der Waals surface area contributed by atoms with Gasteiger partial charge >= 0.3 is 0 Å². The van der Waals surface area contributed by atoms with Gasteiger partial charge in [0.15, 0.2) is 0 Å². The van der Waals surface area contributed by atoms with Gasteiger partial charge in [0.05, 0.1) is 17.7 Å². The monoisotopic (exact) mass is 346 g/mol. The fourth-order valence-corrected chi connectivity index (χ4v) is 3.45. The van der Waals surface area contributed by atoms with Gasteiger partial charge in [-0.15, -0.1) is 11.3 Å². The van der Waals surface area contributed by atoms with Crippen LogP contribution in [0, 0.1) is 6.92 Å². The number of pyridine rings is 1. The molecule has 0 spiro atoms. The molecule has 8 heteroatoms. The third kappa shape index (κ3) is 3.53. The van der Waals surface area contributed by atoms with Crippen LogP contribution in [-0.4, -0.2) is 45.9 Å². The van der Waals surface area contributed by atoms with Crippen LogP contribution in [0.15, 0.2) is 23.8 Å². The second kappa shape index (κ2) is 6.96. The molecule has 0 radical (unpaired) electrons. The van der Waals surface area contributed by atoms with E-state index in [1.54, 1.807) is 16.5 Å². The highest BCUT2D eigenvalue weighted by molar-refractivity contribution is 7.11. The fourth-order valence-electron chi connectivity index (χ4n) is 2.68. The molecule has 2 aromatic rings. The number of aryl methyl sites for hydroxylation is 1. The number of hydrogen-bond donors (Lipinski definition) is 1. The maximum Gasteiger partial charge on any atom is 0.267 e. The van der Waals surface area contributed by atoms with Gasteiger partial charge in [0.25, 0.3) is 11.8 Å². The first-order valence-electron chi connectivity index (χ1n) is 7.66. The van der Waals surface area contributed by atoms with Gasteiger partial charge in [0, 0.05) is 18.8 Å². The van der Waals surface area contributed by atoms with E-state index in [0.29, 0.717) is 23.7 Å². The van der Waals surface area contributed by atoms with Crippen molar-refractivity contribution in [1.29, 1.82) is 0 Å². The van der Waals surface area contributed by atoms with E-state index in [0.717, 1.165) is 18.5 Å². The van der Waals surface area contributed by atoms with Crippen molar-refractivity contribution in [2.45, 2.75) is 25.9 Å². The van der Waals surface area contributed by atoms with Crippen LogP contribution >= 0.6 is 11.3 Å². The van der Waals surface area contributed by atoms with E-state index in [1.807, 2.05) is 6.92 Å². The van der Waals surface area contributed by atoms with Crippen LogP contribution in [0.2, 0.25) is 0 Å². The maximum absolute atomic E-state index is 12.6. The van der Waals surface area contributed by atoms with E-state index >= 15 is 0 Å². The van der Waals surface area contributed by atoms with Crippen LogP contribution in [0.4, 0.5) is 0 Å². The second-order valence-corrected chi connectivity index (χ2v) is 6.50. The van der Waals surface area contributed by atoms with Crippen LogP contribution < -0.4 is 10.5 Å². The number of ether oxygens (including phenoxy) is 1. The van der Waals surface area contributed by atoms with Gasteiger partial charge in [-0.2, -0.15) is 0 Å². The molecule has 1 aliphatic rings. The Bertz CT molecular complexity index is 761. The molecule has 7 nitrogen and oxygen atoms in total. The summed E-state index contributed by atoms with van der Waals surface area (Å²) in [6, 6.07) is 3.21. The van der Waals surface area contributed by atoms with Crippen LogP contribution in [0.5, 0.6) is 5.75 Å². The molecule has 1 fully saturated rings. The molecular weight excluding hydrogens is 328 g/mol. The number of likely N-dealkylation sites (tertiary alicyclic amines) is 1. The summed E-state index contributed by atoms with van der Waals surface area (Å²) < 4.78 is 5.92. The lowest BCUT2D eigenvalue weighted by atomic mass is 10.1. The van der Waals surface area contributed by atoms with Gasteiger partial charge < -0.3 is 15.4 Å². The lowest BCUT2D eigenvalue weighted by molar-refractivity contribution is 0.0541. The first kappa shape index (κ1) is 16.4. The largest absolute Gasteiger partial charge is 0.488 e. The van der Waals surface area contributed by atoms with Crippen molar-refractivity contribution >= 4 is 23.2 Å². The van der Waals surface area contributed by atoms with E-state index in [1.165, 1.54) is 23.6 Å². The number of nitrogens with two attached hydrogens (primary N) is 1. The lowest BCUT2D eigenvalue weighted by Crippen LogP contribution is -2.44. The average Bonchev–Trinajstić information content (AvgIpc) is 3.00. The molecule has 0 aromatic carbocycles. The topological polar surface area (TPSA) is 98.4 Å². The molecule has 1 atom stereocenters. The zero-order valence-corrected chi connectivity index (χ0v) is 14.1. The summed E-state index contributed by atoms with van der Waals surface area (Å²) >= 11 is 1.36. The molecule has 1 saturated heterocycles. The number of rotatable bonds is 4. The molecule has 3 heterocycles. The van der Waals surface area contributed by atoms with Gasteiger partial charge in [-0.25, -0.2) is 4.98 Å². The summed E-state index contributed by atoms with van der Waals surface area (Å²) in [7, 11) is 0. The molecule has 24 heavy (non-hydrogen) atoms. The number of hydrogen-bond acceptors (Lipinski definition) is 6. The van der Waals surface area contributed by atoms with Crippen LogP contribution in [-0.2, 0) is 0 Å². The molecule has 2 amide bonds. The van der Waals surface area contributed by atoms with E-state index in [4.69, 9.17) is 10.5 Å². The summed E-state index contributed by atoms with van der Waals surface area (Å²) in [6.07, 6.45) is 3.07. The van der Waals surface area contributed by atoms with Crippen molar-refractivity contribution in [1.82, 2.24) is 14.9 Å². The average molecular weight is 346 g/mol. The number of nitrogens with zero attached hydrogens (tertiary/aromatic N) is 3. The summed E-state index contributed by atoms with van der Waals surface area (Å²) in [5, 5.41) is 0. The Morgan fingerprint density at radius 2 is 2.25 bits per heavy atom. The summed E-state index contributed by atoms with van der Waals surface area (Å²) in [4.78, 5) is 34.3. The molecule has 0 bridgehead atoms. The minimum atomic E-state index is -0.596. The Labute approximate surface area is 143 Å². The molecule has 1 aliphatic heterocycles. The normalized spacial score (nSPS) is 17.5. The molecule has 126 valence electrons. The standard InChI is InChI=1S/C16H18N4O3S/c1-10-14(24-9-19-10)16(22)20-6-2-3-12(8-20)23-11-4-5-18-13(7-11)15(17)21/h4-5,7,9,12H,2-3,6,8H2,1H3,(H2,17,21). The minimum Gasteiger partial charge on any atom is -0.488 e. The number of carbonyl (C=O) groups excluding carboxylic acids is 2. The van der Waals surface area contributed by atoms with Crippen LogP contribution in [0.25, 0.3) is 0 Å². The predicted molar refractivity (Wildman–Crippen MR) is 89.2 cm³/mol. The highest BCUT2D eigenvalue weighted by Crippen LogP contribution is 2.22. The molecular formula is C16H18N4O3S. The first-order chi connectivity index (χ1) is 11.5. The Hall–Kier alpha value is -2.48. The van der Waals surface area contributed by atoms with Crippen molar-refractivity contribution in [3.63, 3.8) is 0 Å². The molecule has 0 saturated carbocycles.